The highest BCUT2D eigenvalue weighted by molar-refractivity contribution is 6.01. The van der Waals surface area contributed by atoms with Crippen LogP contribution in [0.15, 0.2) is 90.0 Å². The standard InChI is InChI=1S/C27H22N2O5/c1-2-33-25-14-18(12-13-24(25)34-27(32)19-8-4-3-5-9-19)17-28-29-26(31)22-15-20-10-6-7-11-21(20)16-23(22)30/h3-17,30H,2H2,1H3,(H,29,31). The molecule has 0 saturated carbocycles. The first-order valence-corrected chi connectivity index (χ1v) is 10.6. The lowest BCUT2D eigenvalue weighted by Crippen LogP contribution is -2.17. The van der Waals surface area contributed by atoms with Crippen LogP contribution in [0.3, 0.4) is 0 Å². The fourth-order valence-corrected chi connectivity index (χ4v) is 3.33. The van der Waals surface area contributed by atoms with Crippen LogP contribution in [-0.4, -0.2) is 29.8 Å². The van der Waals surface area contributed by atoms with E-state index < -0.39 is 11.9 Å². The minimum Gasteiger partial charge on any atom is -0.507 e. The molecule has 0 aliphatic carbocycles. The van der Waals surface area contributed by atoms with Crippen molar-refractivity contribution in [2.24, 2.45) is 5.10 Å². The second kappa shape index (κ2) is 10.3. The maximum absolute atomic E-state index is 12.5. The molecule has 7 heteroatoms. The summed E-state index contributed by atoms with van der Waals surface area (Å²) in [5.74, 6) is -0.523. The number of ether oxygens (including phenoxy) is 2. The van der Waals surface area contributed by atoms with Crippen LogP contribution in [0.25, 0.3) is 10.8 Å². The predicted octanol–water partition coefficient (Wildman–Crippen LogP) is 4.93. The number of benzene rings is 4. The highest BCUT2D eigenvalue weighted by Crippen LogP contribution is 2.29. The van der Waals surface area contributed by atoms with Gasteiger partial charge in [0.25, 0.3) is 5.91 Å². The summed E-state index contributed by atoms with van der Waals surface area (Å²) >= 11 is 0. The zero-order valence-electron chi connectivity index (χ0n) is 18.4. The van der Waals surface area contributed by atoms with E-state index in [-0.39, 0.29) is 17.1 Å². The third-order valence-electron chi connectivity index (χ3n) is 4.97. The van der Waals surface area contributed by atoms with Crippen molar-refractivity contribution >= 4 is 28.9 Å². The van der Waals surface area contributed by atoms with Gasteiger partial charge in [-0.2, -0.15) is 5.10 Å². The van der Waals surface area contributed by atoms with E-state index in [2.05, 4.69) is 10.5 Å². The molecule has 0 bridgehead atoms. The number of rotatable bonds is 7. The van der Waals surface area contributed by atoms with E-state index in [1.807, 2.05) is 37.3 Å². The fraction of sp³-hybridized carbons (Fsp3) is 0.0741. The summed E-state index contributed by atoms with van der Waals surface area (Å²) in [6.07, 6.45) is 1.43. The Labute approximate surface area is 196 Å². The van der Waals surface area contributed by atoms with E-state index in [0.717, 1.165) is 10.8 Å². The normalized spacial score (nSPS) is 10.9. The van der Waals surface area contributed by atoms with Gasteiger partial charge < -0.3 is 14.6 Å². The molecule has 4 aromatic carbocycles. The topological polar surface area (TPSA) is 97.2 Å². The molecule has 0 spiro atoms. The van der Waals surface area contributed by atoms with Crippen molar-refractivity contribution in [2.75, 3.05) is 6.61 Å². The van der Waals surface area contributed by atoms with Gasteiger partial charge in [-0.15, -0.1) is 0 Å². The van der Waals surface area contributed by atoms with Gasteiger partial charge in [0.2, 0.25) is 0 Å². The van der Waals surface area contributed by atoms with Crippen LogP contribution in [0.5, 0.6) is 17.2 Å². The molecule has 0 aromatic heterocycles. The summed E-state index contributed by atoms with van der Waals surface area (Å²) in [5, 5.41) is 15.8. The van der Waals surface area contributed by atoms with Crippen LogP contribution in [0, 0.1) is 0 Å². The number of carbonyl (C=O) groups excluding carboxylic acids is 2. The fourth-order valence-electron chi connectivity index (χ4n) is 3.33. The van der Waals surface area contributed by atoms with Gasteiger partial charge in [0, 0.05) is 0 Å². The van der Waals surface area contributed by atoms with Gasteiger partial charge in [-0.25, -0.2) is 10.2 Å². The molecule has 0 aliphatic heterocycles. The number of nitrogens with zero attached hydrogens (tertiary/aromatic N) is 1. The molecule has 2 N–H and O–H groups in total. The van der Waals surface area contributed by atoms with Crippen molar-refractivity contribution < 1.29 is 24.2 Å². The molecule has 0 unspecified atom stereocenters. The first-order valence-electron chi connectivity index (χ1n) is 10.6. The first-order chi connectivity index (χ1) is 16.5. The molecule has 0 heterocycles. The number of hydrogen-bond acceptors (Lipinski definition) is 6. The first kappa shape index (κ1) is 22.5. The summed E-state index contributed by atoms with van der Waals surface area (Å²) < 4.78 is 11.1. The second-order valence-corrected chi connectivity index (χ2v) is 7.31. The van der Waals surface area contributed by atoms with E-state index in [1.54, 1.807) is 48.5 Å². The number of aromatic hydroxyl groups is 1. The largest absolute Gasteiger partial charge is 0.507 e. The van der Waals surface area contributed by atoms with Crippen molar-refractivity contribution in [1.29, 1.82) is 0 Å². The van der Waals surface area contributed by atoms with E-state index in [1.165, 1.54) is 12.3 Å². The average Bonchev–Trinajstić information content (AvgIpc) is 2.85. The number of phenolic OH excluding ortho intramolecular Hbond substituents is 1. The van der Waals surface area contributed by atoms with Gasteiger partial charge in [0.15, 0.2) is 11.5 Å². The molecule has 1 amide bonds. The molecule has 4 rings (SSSR count). The summed E-state index contributed by atoms with van der Waals surface area (Å²) in [6, 6.07) is 24.2. The highest BCUT2D eigenvalue weighted by Gasteiger charge is 2.14. The Morgan fingerprint density at radius 1 is 0.912 bits per heavy atom. The zero-order chi connectivity index (χ0) is 23.9. The van der Waals surface area contributed by atoms with E-state index in [9.17, 15) is 14.7 Å². The third-order valence-corrected chi connectivity index (χ3v) is 4.97. The Morgan fingerprint density at radius 2 is 1.62 bits per heavy atom. The zero-order valence-corrected chi connectivity index (χ0v) is 18.4. The maximum atomic E-state index is 12.5. The Bertz CT molecular complexity index is 1370. The molecule has 4 aromatic rings. The van der Waals surface area contributed by atoms with Gasteiger partial charge in [-0.3, -0.25) is 4.79 Å². The SMILES string of the molecule is CCOc1cc(C=NNC(=O)c2cc3ccccc3cc2O)ccc1OC(=O)c1ccccc1. The summed E-state index contributed by atoms with van der Waals surface area (Å²) in [6.45, 7) is 2.19. The quantitative estimate of drug-likeness (QED) is 0.179. The number of amides is 1. The summed E-state index contributed by atoms with van der Waals surface area (Å²) in [4.78, 5) is 24.9. The molecule has 170 valence electrons. The number of nitrogens with one attached hydrogen (secondary N) is 1. The monoisotopic (exact) mass is 454 g/mol. The van der Waals surface area contributed by atoms with Crippen molar-refractivity contribution in [3.8, 4) is 17.2 Å². The Morgan fingerprint density at radius 3 is 2.35 bits per heavy atom. The van der Waals surface area contributed by atoms with Gasteiger partial charge in [0.05, 0.1) is 23.9 Å². The second-order valence-electron chi connectivity index (χ2n) is 7.31. The molecular weight excluding hydrogens is 432 g/mol. The van der Waals surface area contributed by atoms with Gasteiger partial charge in [0.1, 0.15) is 5.75 Å². The number of fused-ring (bicyclic) bond motifs is 1. The molecule has 0 atom stereocenters. The summed E-state index contributed by atoms with van der Waals surface area (Å²) in [7, 11) is 0. The van der Waals surface area contributed by atoms with Crippen LogP contribution in [0.2, 0.25) is 0 Å². The van der Waals surface area contributed by atoms with Gasteiger partial charge >= 0.3 is 5.97 Å². The van der Waals surface area contributed by atoms with Gasteiger partial charge in [-0.05, 0) is 65.7 Å². The van der Waals surface area contributed by atoms with Crippen molar-refractivity contribution in [1.82, 2.24) is 5.43 Å². The molecule has 0 fully saturated rings. The lowest BCUT2D eigenvalue weighted by Gasteiger charge is -2.11. The highest BCUT2D eigenvalue weighted by atomic mass is 16.6. The predicted molar refractivity (Wildman–Crippen MR) is 130 cm³/mol. The number of phenols is 1. The number of hydrazone groups is 1. The van der Waals surface area contributed by atoms with Crippen LogP contribution < -0.4 is 14.9 Å². The van der Waals surface area contributed by atoms with Crippen LogP contribution in [0.4, 0.5) is 0 Å². The average molecular weight is 454 g/mol. The lowest BCUT2D eigenvalue weighted by molar-refractivity contribution is 0.0728. The number of esters is 1. The van der Waals surface area contributed by atoms with Gasteiger partial charge in [-0.1, -0.05) is 42.5 Å². The van der Waals surface area contributed by atoms with Crippen molar-refractivity contribution in [3.63, 3.8) is 0 Å². The Hall–Kier alpha value is -4.65. The third kappa shape index (κ3) is 5.21. The molecule has 0 aliphatic rings. The van der Waals surface area contributed by atoms with Crippen molar-refractivity contribution in [2.45, 2.75) is 6.92 Å². The summed E-state index contributed by atoms with van der Waals surface area (Å²) in [5.41, 5.74) is 3.58. The van der Waals surface area contributed by atoms with E-state index in [4.69, 9.17) is 9.47 Å². The van der Waals surface area contributed by atoms with E-state index >= 15 is 0 Å². The molecular formula is C27H22N2O5. The molecule has 34 heavy (non-hydrogen) atoms. The maximum Gasteiger partial charge on any atom is 0.343 e. The van der Waals surface area contributed by atoms with Crippen LogP contribution >= 0.6 is 0 Å². The lowest BCUT2D eigenvalue weighted by atomic mass is 10.1. The number of carbonyl (C=O) groups is 2. The minimum absolute atomic E-state index is 0.119. The molecule has 0 saturated heterocycles. The van der Waals surface area contributed by atoms with E-state index in [0.29, 0.717) is 23.5 Å². The molecule has 0 radical (unpaired) electrons. The number of hydrogen-bond donors (Lipinski definition) is 2. The smallest absolute Gasteiger partial charge is 0.343 e. The van der Waals surface area contributed by atoms with Crippen molar-refractivity contribution in [3.05, 3.63) is 102 Å². The van der Waals surface area contributed by atoms with Crippen LogP contribution in [0.1, 0.15) is 33.2 Å². The van der Waals surface area contributed by atoms with Crippen LogP contribution in [-0.2, 0) is 0 Å². The Kier molecular flexibility index (Phi) is 6.84. The molecule has 7 nitrogen and oxygen atoms in total. The Balaban J connectivity index is 1.47. The minimum atomic E-state index is -0.544.